The lowest BCUT2D eigenvalue weighted by Gasteiger charge is -2.41. The molecule has 0 aliphatic carbocycles. The molecule has 20 heavy (non-hydrogen) atoms. The van der Waals surface area contributed by atoms with Crippen LogP contribution in [0.2, 0.25) is 0 Å². The van der Waals surface area contributed by atoms with E-state index in [4.69, 9.17) is 4.74 Å². The van der Waals surface area contributed by atoms with Crippen molar-refractivity contribution in [1.29, 1.82) is 0 Å². The third-order valence-corrected chi connectivity index (χ3v) is 4.77. The van der Waals surface area contributed by atoms with Crippen molar-refractivity contribution >= 4 is 11.9 Å². The number of hydrogen-bond acceptors (Lipinski definition) is 3. The number of carboxylic acids is 1. The maximum atomic E-state index is 12.5. The SMILES string of the molecule is CCCC1(C(=O)O)CCN(C(=O)C(C)(CC)OC)CC1. The predicted octanol–water partition coefficient (Wildman–Crippen LogP) is 2.29. The van der Waals surface area contributed by atoms with E-state index in [0.29, 0.717) is 38.8 Å². The lowest BCUT2D eigenvalue weighted by molar-refractivity contribution is -0.162. The van der Waals surface area contributed by atoms with Crippen molar-refractivity contribution in [2.24, 2.45) is 5.41 Å². The number of likely N-dealkylation sites (tertiary alicyclic amines) is 1. The second-order valence-electron chi connectivity index (χ2n) is 5.92. The minimum Gasteiger partial charge on any atom is -0.481 e. The normalized spacial score (nSPS) is 21.3. The van der Waals surface area contributed by atoms with E-state index < -0.39 is 17.0 Å². The van der Waals surface area contributed by atoms with Crippen LogP contribution in [0.25, 0.3) is 0 Å². The van der Waals surface area contributed by atoms with E-state index in [-0.39, 0.29) is 5.91 Å². The highest BCUT2D eigenvalue weighted by molar-refractivity contribution is 5.85. The number of aliphatic carboxylic acids is 1. The molecule has 0 saturated carbocycles. The summed E-state index contributed by atoms with van der Waals surface area (Å²) in [4.78, 5) is 25.8. The van der Waals surface area contributed by atoms with Crippen LogP contribution in [0.4, 0.5) is 0 Å². The van der Waals surface area contributed by atoms with Crippen molar-refractivity contribution in [1.82, 2.24) is 4.90 Å². The number of piperidine rings is 1. The highest BCUT2D eigenvalue weighted by Gasteiger charge is 2.44. The molecule has 0 aromatic carbocycles. The molecule has 1 N–H and O–H groups in total. The zero-order chi connectivity index (χ0) is 15.4. The Labute approximate surface area is 121 Å². The van der Waals surface area contributed by atoms with Crippen molar-refractivity contribution in [3.8, 4) is 0 Å². The van der Waals surface area contributed by atoms with Crippen molar-refractivity contribution in [2.45, 2.75) is 58.5 Å². The summed E-state index contributed by atoms with van der Waals surface area (Å²) in [6, 6.07) is 0. The molecule has 1 heterocycles. The first-order valence-electron chi connectivity index (χ1n) is 7.43. The molecule has 0 aromatic rings. The van der Waals surface area contributed by atoms with Gasteiger partial charge in [-0.05, 0) is 32.6 Å². The van der Waals surface area contributed by atoms with Gasteiger partial charge in [-0.3, -0.25) is 9.59 Å². The van der Waals surface area contributed by atoms with Gasteiger partial charge in [0.25, 0.3) is 5.91 Å². The van der Waals surface area contributed by atoms with E-state index >= 15 is 0 Å². The minimum atomic E-state index is -0.798. The Hall–Kier alpha value is -1.10. The quantitative estimate of drug-likeness (QED) is 0.813. The Morgan fingerprint density at radius 2 is 1.85 bits per heavy atom. The molecule has 1 amide bonds. The second-order valence-corrected chi connectivity index (χ2v) is 5.92. The molecular formula is C15H27NO4. The molecular weight excluding hydrogens is 258 g/mol. The fraction of sp³-hybridized carbons (Fsp3) is 0.867. The molecule has 1 rings (SSSR count). The molecule has 5 nitrogen and oxygen atoms in total. The minimum absolute atomic E-state index is 0.0296. The Kier molecular flexibility index (Phi) is 5.57. The number of carboxylic acid groups (broad SMARTS) is 1. The van der Waals surface area contributed by atoms with Gasteiger partial charge >= 0.3 is 5.97 Å². The van der Waals surface area contributed by atoms with Crippen LogP contribution in [0.15, 0.2) is 0 Å². The molecule has 1 saturated heterocycles. The number of carbonyl (C=O) groups is 2. The van der Waals surface area contributed by atoms with Crippen molar-refractivity contribution in [3.63, 3.8) is 0 Å². The van der Waals surface area contributed by atoms with E-state index in [2.05, 4.69) is 0 Å². The van der Waals surface area contributed by atoms with Crippen LogP contribution in [0.1, 0.15) is 52.9 Å². The second kappa shape index (κ2) is 6.57. The largest absolute Gasteiger partial charge is 0.481 e. The van der Waals surface area contributed by atoms with E-state index in [9.17, 15) is 14.7 Å². The molecule has 1 aliphatic rings. The number of rotatable bonds is 6. The number of hydrogen-bond donors (Lipinski definition) is 1. The molecule has 1 atom stereocenters. The van der Waals surface area contributed by atoms with Crippen molar-refractivity contribution in [3.05, 3.63) is 0 Å². The molecule has 116 valence electrons. The predicted molar refractivity (Wildman–Crippen MR) is 76.5 cm³/mol. The fourth-order valence-electron chi connectivity index (χ4n) is 2.90. The van der Waals surface area contributed by atoms with Crippen molar-refractivity contribution < 1.29 is 19.4 Å². The third-order valence-electron chi connectivity index (χ3n) is 4.77. The first kappa shape index (κ1) is 17.0. The Morgan fingerprint density at radius 1 is 1.30 bits per heavy atom. The van der Waals surface area contributed by atoms with Gasteiger partial charge < -0.3 is 14.7 Å². The van der Waals surface area contributed by atoms with E-state index in [1.807, 2.05) is 13.8 Å². The summed E-state index contributed by atoms with van der Waals surface area (Å²) in [5.74, 6) is -0.755. The number of ether oxygens (including phenoxy) is 1. The zero-order valence-corrected chi connectivity index (χ0v) is 13.1. The maximum Gasteiger partial charge on any atom is 0.309 e. The Morgan fingerprint density at radius 3 is 2.20 bits per heavy atom. The van der Waals surface area contributed by atoms with Crippen LogP contribution in [-0.4, -0.2) is 47.7 Å². The molecule has 5 heteroatoms. The summed E-state index contributed by atoms with van der Waals surface area (Å²) >= 11 is 0. The Balaban J connectivity index is 2.75. The lowest BCUT2D eigenvalue weighted by atomic mass is 9.74. The van der Waals surface area contributed by atoms with Crippen LogP contribution >= 0.6 is 0 Å². The molecule has 1 fully saturated rings. The van der Waals surface area contributed by atoms with E-state index in [1.54, 1.807) is 18.9 Å². The number of amides is 1. The standard InChI is InChI=1S/C15H27NO4/c1-5-7-15(13(18)19)8-10-16(11-9-15)12(17)14(3,6-2)20-4/h5-11H2,1-4H3,(H,18,19). The highest BCUT2D eigenvalue weighted by Crippen LogP contribution is 2.37. The average Bonchev–Trinajstić information content (AvgIpc) is 2.46. The van der Waals surface area contributed by atoms with Crippen LogP contribution in [-0.2, 0) is 14.3 Å². The van der Waals surface area contributed by atoms with Gasteiger partial charge in [-0.2, -0.15) is 0 Å². The van der Waals surface area contributed by atoms with Gasteiger partial charge in [-0.15, -0.1) is 0 Å². The monoisotopic (exact) mass is 285 g/mol. The lowest BCUT2D eigenvalue weighted by Crippen LogP contribution is -2.53. The summed E-state index contributed by atoms with van der Waals surface area (Å²) < 4.78 is 5.34. The summed E-state index contributed by atoms with van der Waals surface area (Å²) in [7, 11) is 1.55. The Bertz CT molecular complexity index is 355. The highest BCUT2D eigenvalue weighted by atomic mass is 16.5. The topological polar surface area (TPSA) is 66.8 Å². The van der Waals surface area contributed by atoms with Gasteiger partial charge in [0.2, 0.25) is 0 Å². The molecule has 1 aliphatic heterocycles. The van der Waals surface area contributed by atoms with E-state index in [0.717, 1.165) is 6.42 Å². The van der Waals surface area contributed by atoms with Gasteiger partial charge in [0.05, 0.1) is 5.41 Å². The molecule has 0 radical (unpaired) electrons. The summed E-state index contributed by atoms with van der Waals surface area (Å²) in [6.45, 7) is 6.72. The molecule has 0 aromatic heterocycles. The average molecular weight is 285 g/mol. The van der Waals surface area contributed by atoms with Gasteiger partial charge in [0.15, 0.2) is 0 Å². The van der Waals surface area contributed by atoms with Crippen LogP contribution < -0.4 is 0 Å². The third kappa shape index (κ3) is 3.14. The first-order chi connectivity index (χ1) is 9.35. The fourth-order valence-corrected chi connectivity index (χ4v) is 2.90. The van der Waals surface area contributed by atoms with Crippen molar-refractivity contribution in [2.75, 3.05) is 20.2 Å². The summed E-state index contributed by atoms with van der Waals surface area (Å²) in [5, 5.41) is 9.47. The van der Waals surface area contributed by atoms with Gasteiger partial charge in [0.1, 0.15) is 5.60 Å². The van der Waals surface area contributed by atoms with Crippen LogP contribution in [0.5, 0.6) is 0 Å². The maximum absolute atomic E-state index is 12.5. The summed E-state index contributed by atoms with van der Waals surface area (Å²) in [6.07, 6.45) is 3.21. The smallest absolute Gasteiger partial charge is 0.309 e. The molecule has 0 spiro atoms. The first-order valence-corrected chi connectivity index (χ1v) is 7.43. The van der Waals surface area contributed by atoms with E-state index in [1.165, 1.54) is 0 Å². The number of carbonyl (C=O) groups excluding carboxylic acids is 1. The van der Waals surface area contributed by atoms with Gasteiger partial charge in [-0.25, -0.2) is 0 Å². The zero-order valence-electron chi connectivity index (χ0n) is 13.1. The molecule has 0 bridgehead atoms. The summed E-state index contributed by atoms with van der Waals surface area (Å²) in [5.41, 5.74) is -1.45. The van der Waals surface area contributed by atoms with Gasteiger partial charge in [0, 0.05) is 20.2 Å². The van der Waals surface area contributed by atoms with Gasteiger partial charge in [-0.1, -0.05) is 20.3 Å². The number of nitrogens with zero attached hydrogens (tertiary/aromatic N) is 1. The van der Waals surface area contributed by atoms with Crippen LogP contribution in [0, 0.1) is 5.41 Å². The number of methoxy groups -OCH3 is 1. The molecule has 1 unspecified atom stereocenters. The van der Waals surface area contributed by atoms with Crippen LogP contribution in [0.3, 0.4) is 0 Å².